The van der Waals surface area contributed by atoms with E-state index in [1.165, 1.54) is 21.9 Å². The molecule has 1 aromatic heterocycles. The van der Waals surface area contributed by atoms with Crippen LogP contribution in [0.4, 0.5) is 16.2 Å². The number of urea groups is 1. The molecular weight excluding hydrogens is 973 g/mol. The van der Waals surface area contributed by atoms with Gasteiger partial charge in [-0.1, -0.05) is 33.6 Å². The van der Waals surface area contributed by atoms with E-state index >= 15 is 0 Å². The molecule has 20 heteroatoms. The lowest BCUT2D eigenvalue weighted by Crippen LogP contribution is -2.63. The third-order valence-corrected chi connectivity index (χ3v) is 16.3. The topological polar surface area (TPSA) is 199 Å². The minimum Gasteiger partial charge on any atom is -0.464 e. The zero-order valence-electron chi connectivity index (χ0n) is 46.6. The van der Waals surface area contributed by atoms with E-state index in [1.807, 2.05) is 45.8 Å². The van der Waals surface area contributed by atoms with Gasteiger partial charge in [-0.25, -0.2) is 15.1 Å². The van der Waals surface area contributed by atoms with Crippen molar-refractivity contribution in [3.05, 3.63) is 53.3 Å². The molecule has 4 fully saturated rings. The number of nitrogens with one attached hydrogen (secondary N) is 2. The normalized spacial score (nSPS) is 25.8. The van der Waals surface area contributed by atoms with Gasteiger partial charge in [-0.3, -0.25) is 38.9 Å². The quantitative estimate of drug-likeness (QED) is 0.209. The Kier molecular flexibility index (Phi) is 16.7. The van der Waals surface area contributed by atoms with E-state index in [0.717, 1.165) is 38.8 Å². The Balaban J connectivity index is 1.05. The van der Waals surface area contributed by atoms with Crippen LogP contribution in [-0.2, 0) is 42.9 Å². The molecule has 8 rings (SSSR count). The van der Waals surface area contributed by atoms with E-state index < -0.39 is 82.3 Å². The molecule has 6 aliphatic rings. The van der Waals surface area contributed by atoms with Crippen LogP contribution in [0.3, 0.4) is 0 Å². The fraction of sp³-hybridized carbons (Fsp3) is 0.643. The number of hydrogen-bond acceptors (Lipinski definition) is 14. The minimum absolute atomic E-state index is 0.0689. The number of carbonyl (C=O) groups is 6. The molecule has 7 atom stereocenters. The summed E-state index contributed by atoms with van der Waals surface area (Å²) in [5, 5.41) is 4.41. The Morgan fingerprint density at radius 2 is 1.84 bits per heavy atom. The summed E-state index contributed by atoms with van der Waals surface area (Å²) in [6.45, 7) is 18.0. The largest absolute Gasteiger partial charge is 0.464 e. The lowest BCUT2D eigenvalue weighted by molar-refractivity contribution is -0.433. The molecule has 6 aliphatic heterocycles. The first-order chi connectivity index (χ1) is 36.0. The number of morpholine rings is 1. The van der Waals surface area contributed by atoms with Crippen molar-refractivity contribution in [1.82, 2.24) is 40.3 Å². The lowest BCUT2D eigenvalue weighted by atomic mass is 9.77. The maximum atomic E-state index is 14.9. The van der Waals surface area contributed by atoms with E-state index in [9.17, 15) is 28.8 Å². The van der Waals surface area contributed by atoms with Gasteiger partial charge in [-0.15, -0.1) is 0 Å². The zero-order chi connectivity index (χ0) is 55.0. The monoisotopic (exact) mass is 1050 g/mol. The lowest BCUT2D eigenvalue weighted by Gasteiger charge is -2.39. The summed E-state index contributed by atoms with van der Waals surface area (Å²) in [5.41, 5.74) is 6.84. The van der Waals surface area contributed by atoms with Gasteiger partial charge >= 0.3 is 12.0 Å². The van der Waals surface area contributed by atoms with E-state index in [4.69, 9.17) is 23.9 Å². The van der Waals surface area contributed by atoms with Crippen LogP contribution >= 0.6 is 0 Å². The van der Waals surface area contributed by atoms with Crippen molar-refractivity contribution in [3.8, 4) is 11.8 Å². The zero-order valence-corrected chi connectivity index (χ0v) is 46.6. The molecule has 2 aromatic rings. The van der Waals surface area contributed by atoms with Crippen molar-refractivity contribution in [2.45, 2.75) is 135 Å². The van der Waals surface area contributed by atoms with Gasteiger partial charge in [-0.2, -0.15) is 4.58 Å². The Morgan fingerprint density at radius 1 is 1.08 bits per heavy atom. The standard InChI is InChI=1S/C56H78N10O10/c1-13-64-44-19-18-37-28-40(44)41(48(64)39-16-14-23-57-46(39)36(4)73-12)30-54(5,6)33-75-51(70)42-17-15-24-66(59-42)50(69)43(29-38-31-62(37)26-27-74-38)58-49(68)47(35(2)3)61(11)53(72)65-34-76-56(52(65)71)22-25-63(32-56)45(67)20-21-55(7,8)60(9)10/h14,16,18-19,23,28,35-36,38,41-43,47,59H,13,15,17,22,24-27,29-34H2,1-12H3/p+1/t36-,38-,41?,42-,43-,47-,56+/m0/s1. The Hall–Kier alpha value is -5.98. The number of benzene rings is 1. The number of anilines is 1. The Labute approximate surface area is 447 Å². The van der Waals surface area contributed by atoms with Crippen LogP contribution in [0.25, 0.3) is 0 Å². The van der Waals surface area contributed by atoms with E-state index in [0.29, 0.717) is 45.5 Å². The van der Waals surface area contributed by atoms with Crippen LogP contribution in [-0.4, -0.2) is 198 Å². The SMILES string of the molecule is CC[N+]1=C(c2cccnc2[C@H](C)OC)C2CC(C)(C)COC(=O)[C@@H]3CCCN(N3)C(=O)[C@@H](NC(=O)[C@H](C(C)C)N(C)C(=O)N3CO[C@@]4(CCN(C(=O)C#CC(C)(C)N(C)C)C4)C3=O)C[C@H]3CN(CCO3)c3ccc1c2c3. The van der Waals surface area contributed by atoms with Crippen molar-refractivity contribution in [2.24, 2.45) is 11.3 Å². The molecule has 76 heavy (non-hydrogen) atoms. The number of hydrogen-bond donors (Lipinski definition) is 2. The number of carbonyl (C=O) groups excluding carboxylic acids is 6. The molecule has 1 spiro atoms. The number of methoxy groups -OCH3 is 1. The molecule has 20 nitrogen and oxygen atoms in total. The molecule has 6 amide bonds. The number of ether oxygens (including phenoxy) is 4. The number of esters is 1. The van der Waals surface area contributed by atoms with Gasteiger partial charge in [0.05, 0.1) is 54.7 Å². The van der Waals surface area contributed by atoms with Crippen LogP contribution in [0.2, 0.25) is 0 Å². The highest BCUT2D eigenvalue weighted by Crippen LogP contribution is 2.46. The smallest absolute Gasteiger partial charge is 0.329 e. The van der Waals surface area contributed by atoms with Gasteiger partial charge in [0, 0.05) is 82.1 Å². The summed E-state index contributed by atoms with van der Waals surface area (Å²) in [6.07, 6.45) is 2.86. The summed E-state index contributed by atoms with van der Waals surface area (Å²) in [4.78, 5) is 98.0. The van der Waals surface area contributed by atoms with Crippen LogP contribution in [0.1, 0.15) is 116 Å². The van der Waals surface area contributed by atoms with Crippen molar-refractivity contribution < 1.29 is 52.3 Å². The molecule has 2 N–H and O–H groups in total. The van der Waals surface area contributed by atoms with Gasteiger partial charge in [0.2, 0.25) is 11.6 Å². The average molecular weight is 1050 g/mol. The predicted octanol–water partition coefficient (Wildman–Crippen LogP) is 3.80. The summed E-state index contributed by atoms with van der Waals surface area (Å²) in [6, 6.07) is 6.76. The second-order valence-corrected chi connectivity index (χ2v) is 23.0. The number of fused-ring (bicyclic) bond motifs is 6. The number of pyridine rings is 1. The van der Waals surface area contributed by atoms with Gasteiger partial charge in [-0.05, 0) is 97.2 Å². The molecule has 412 valence electrons. The van der Waals surface area contributed by atoms with E-state index in [1.54, 1.807) is 27.2 Å². The fourth-order valence-corrected chi connectivity index (χ4v) is 11.4. The summed E-state index contributed by atoms with van der Waals surface area (Å²) >= 11 is 0. The Morgan fingerprint density at radius 3 is 2.55 bits per heavy atom. The minimum atomic E-state index is -1.43. The number of likely N-dealkylation sites (tertiary alicyclic amines) is 1. The second kappa shape index (κ2) is 22.5. The number of hydrazine groups is 1. The average Bonchev–Trinajstić information content (AvgIpc) is 4.08. The summed E-state index contributed by atoms with van der Waals surface area (Å²) in [7, 11) is 6.88. The molecule has 1 aromatic carbocycles. The molecular formula is C56H79N10O10+. The van der Waals surface area contributed by atoms with Crippen molar-refractivity contribution >= 4 is 52.7 Å². The van der Waals surface area contributed by atoms with Crippen molar-refractivity contribution in [2.75, 3.05) is 92.4 Å². The number of cyclic esters (lactones) is 1. The number of aromatic nitrogens is 1. The maximum Gasteiger partial charge on any atom is 0.329 e. The third kappa shape index (κ3) is 11.4. The summed E-state index contributed by atoms with van der Waals surface area (Å²) in [5.74, 6) is 2.53. The van der Waals surface area contributed by atoms with Gasteiger partial charge < -0.3 is 39.0 Å². The third-order valence-electron chi connectivity index (χ3n) is 16.3. The van der Waals surface area contributed by atoms with Gasteiger partial charge in [0.15, 0.2) is 11.3 Å². The van der Waals surface area contributed by atoms with Gasteiger partial charge in [0.25, 0.3) is 17.7 Å². The van der Waals surface area contributed by atoms with Crippen LogP contribution in [0.5, 0.6) is 0 Å². The first-order valence-corrected chi connectivity index (χ1v) is 26.9. The first-order valence-electron chi connectivity index (χ1n) is 26.9. The van der Waals surface area contributed by atoms with Crippen LogP contribution in [0, 0.1) is 23.2 Å². The number of nitrogens with zero attached hydrogens (tertiary/aromatic N) is 8. The molecule has 0 radical (unpaired) electrons. The Bertz CT molecular complexity index is 2680. The summed E-state index contributed by atoms with van der Waals surface area (Å²) < 4.78 is 26.8. The molecule has 0 aliphatic carbocycles. The maximum absolute atomic E-state index is 14.9. The molecule has 1 unspecified atom stereocenters. The number of amides is 6. The van der Waals surface area contributed by atoms with Gasteiger partial charge in [0.1, 0.15) is 31.4 Å². The highest BCUT2D eigenvalue weighted by atomic mass is 16.5. The predicted molar refractivity (Wildman–Crippen MR) is 283 cm³/mol. The fourth-order valence-electron chi connectivity index (χ4n) is 11.4. The van der Waals surface area contributed by atoms with Crippen LogP contribution < -0.4 is 15.6 Å². The molecule has 0 saturated carbocycles. The highest BCUT2D eigenvalue weighted by molar-refractivity contribution is 6.06. The molecule has 4 saturated heterocycles. The van der Waals surface area contributed by atoms with Crippen LogP contribution in [0.15, 0.2) is 36.5 Å². The number of rotatable bonds is 9. The highest BCUT2D eigenvalue weighted by Gasteiger charge is 2.56. The number of imide groups is 1. The molecule has 6 bridgehead atoms. The second-order valence-electron chi connectivity index (χ2n) is 23.0. The molecule has 7 heterocycles. The van der Waals surface area contributed by atoms with E-state index in [2.05, 4.69) is 77.1 Å². The van der Waals surface area contributed by atoms with Crippen molar-refractivity contribution in [1.29, 1.82) is 0 Å². The van der Waals surface area contributed by atoms with Crippen molar-refractivity contribution in [3.63, 3.8) is 0 Å². The first kappa shape index (κ1) is 56.2. The van der Waals surface area contributed by atoms with E-state index in [-0.39, 0.29) is 57.8 Å². The number of likely N-dealkylation sites (N-methyl/N-ethyl adjacent to an activating group) is 1.